The molecule has 1 N–H and O–H groups in total. The van der Waals surface area contributed by atoms with Crippen LogP contribution in [0.5, 0.6) is 0 Å². The Morgan fingerprint density at radius 3 is 2.26 bits per heavy atom. The summed E-state index contributed by atoms with van der Waals surface area (Å²) in [6.45, 7) is 0. The molecule has 0 spiro atoms. The van der Waals surface area contributed by atoms with E-state index < -0.39 is 28.2 Å². The van der Waals surface area contributed by atoms with Gasteiger partial charge in [0.2, 0.25) is 0 Å². The molecule has 0 aliphatic rings. The van der Waals surface area contributed by atoms with Gasteiger partial charge in [-0.1, -0.05) is 48.0 Å². The molecule has 0 bridgehead atoms. The summed E-state index contributed by atoms with van der Waals surface area (Å²) in [4.78, 5) is 25.8. The normalized spacial score (nSPS) is 11.5. The van der Waals surface area contributed by atoms with Gasteiger partial charge in [0.1, 0.15) is 0 Å². The minimum Gasteiger partial charge on any atom is -0.321 e. The molecule has 0 saturated carbocycles. The van der Waals surface area contributed by atoms with E-state index >= 15 is 0 Å². The predicted octanol–water partition coefficient (Wildman–Crippen LogP) is 5.31. The molecular formula is C22H13ClF3N3O2. The molecule has 3 aromatic carbocycles. The van der Waals surface area contributed by atoms with E-state index in [9.17, 15) is 22.8 Å². The summed E-state index contributed by atoms with van der Waals surface area (Å²) >= 11 is 5.64. The number of amides is 1. The van der Waals surface area contributed by atoms with Gasteiger partial charge in [-0.2, -0.15) is 23.0 Å². The van der Waals surface area contributed by atoms with E-state index in [0.717, 1.165) is 16.8 Å². The second-order valence-electron chi connectivity index (χ2n) is 6.59. The van der Waals surface area contributed by atoms with Gasteiger partial charge in [-0.15, -0.1) is 0 Å². The Hall–Kier alpha value is -3.65. The lowest BCUT2D eigenvalue weighted by Gasteiger charge is -2.13. The maximum atomic E-state index is 13.1. The number of para-hydroxylation sites is 1. The van der Waals surface area contributed by atoms with Crippen molar-refractivity contribution in [3.63, 3.8) is 0 Å². The van der Waals surface area contributed by atoms with Crippen LogP contribution in [0.4, 0.5) is 18.9 Å². The maximum Gasteiger partial charge on any atom is 0.417 e. The Morgan fingerprint density at radius 2 is 1.58 bits per heavy atom. The van der Waals surface area contributed by atoms with E-state index in [4.69, 9.17) is 11.6 Å². The number of nitrogens with zero attached hydrogens (tertiary/aromatic N) is 2. The maximum absolute atomic E-state index is 13.1. The van der Waals surface area contributed by atoms with Gasteiger partial charge in [0.05, 0.1) is 21.7 Å². The lowest BCUT2D eigenvalue weighted by molar-refractivity contribution is -0.137. The summed E-state index contributed by atoms with van der Waals surface area (Å²) in [5, 5.41) is 6.66. The van der Waals surface area contributed by atoms with Crippen molar-refractivity contribution < 1.29 is 18.0 Å². The fraction of sp³-hybridized carbons (Fsp3) is 0.0455. The van der Waals surface area contributed by atoms with Gasteiger partial charge in [-0.25, -0.2) is 0 Å². The van der Waals surface area contributed by atoms with Crippen LogP contribution in [0.15, 0.2) is 77.6 Å². The van der Waals surface area contributed by atoms with Crippen molar-refractivity contribution in [2.24, 2.45) is 0 Å². The fourth-order valence-corrected chi connectivity index (χ4v) is 3.34. The number of rotatable bonds is 3. The third-order valence-electron chi connectivity index (χ3n) is 4.55. The molecule has 156 valence electrons. The van der Waals surface area contributed by atoms with Crippen LogP contribution in [0.25, 0.3) is 16.5 Å². The molecule has 0 unspecified atom stereocenters. The molecule has 0 saturated heterocycles. The highest BCUT2D eigenvalue weighted by Crippen LogP contribution is 2.36. The first-order valence-electron chi connectivity index (χ1n) is 9.01. The highest BCUT2D eigenvalue weighted by atomic mass is 35.5. The zero-order valence-corrected chi connectivity index (χ0v) is 16.4. The van der Waals surface area contributed by atoms with Gasteiger partial charge in [-0.3, -0.25) is 9.59 Å². The highest BCUT2D eigenvalue weighted by Gasteiger charge is 2.33. The van der Waals surface area contributed by atoms with Crippen LogP contribution in [0.1, 0.15) is 16.1 Å². The number of benzene rings is 3. The molecule has 1 amide bonds. The number of anilines is 1. The fourth-order valence-electron chi connectivity index (χ4n) is 3.11. The molecular weight excluding hydrogens is 431 g/mol. The van der Waals surface area contributed by atoms with Gasteiger partial charge in [0.15, 0.2) is 5.69 Å². The van der Waals surface area contributed by atoms with Crippen molar-refractivity contribution in [2.75, 3.05) is 5.32 Å². The molecule has 0 aliphatic heterocycles. The Morgan fingerprint density at radius 1 is 0.935 bits per heavy atom. The molecule has 1 aromatic heterocycles. The molecule has 1 heterocycles. The predicted molar refractivity (Wildman–Crippen MR) is 112 cm³/mol. The van der Waals surface area contributed by atoms with Crippen molar-refractivity contribution in [3.8, 4) is 5.69 Å². The van der Waals surface area contributed by atoms with Crippen molar-refractivity contribution in [1.29, 1.82) is 0 Å². The first-order chi connectivity index (χ1) is 14.8. The first kappa shape index (κ1) is 20.6. The topological polar surface area (TPSA) is 64.0 Å². The van der Waals surface area contributed by atoms with E-state index in [0.29, 0.717) is 5.69 Å². The Labute approximate surface area is 178 Å². The van der Waals surface area contributed by atoms with E-state index in [1.54, 1.807) is 54.6 Å². The lowest BCUT2D eigenvalue weighted by Crippen LogP contribution is -2.26. The summed E-state index contributed by atoms with van der Waals surface area (Å²) in [7, 11) is 0. The minimum absolute atomic E-state index is 0.106. The number of hydrogen-bond donors (Lipinski definition) is 1. The summed E-state index contributed by atoms with van der Waals surface area (Å²) in [6.07, 6.45) is -4.68. The largest absolute Gasteiger partial charge is 0.417 e. The van der Waals surface area contributed by atoms with E-state index in [1.165, 1.54) is 6.07 Å². The van der Waals surface area contributed by atoms with Crippen LogP contribution >= 0.6 is 11.6 Å². The van der Waals surface area contributed by atoms with Crippen LogP contribution in [0.2, 0.25) is 5.02 Å². The molecule has 0 atom stereocenters. The van der Waals surface area contributed by atoms with Crippen molar-refractivity contribution in [3.05, 3.63) is 99.4 Å². The van der Waals surface area contributed by atoms with E-state index in [-0.39, 0.29) is 22.2 Å². The number of nitrogens with one attached hydrogen (secondary N) is 1. The van der Waals surface area contributed by atoms with E-state index in [2.05, 4.69) is 10.4 Å². The highest BCUT2D eigenvalue weighted by molar-refractivity contribution is 6.31. The summed E-state index contributed by atoms with van der Waals surface area (Å²) < 4.78 is 40.5. The third kappa shape index (κ3) is 4.02. The van der Waals surface area contributed by atoms with E-state index in [1.807, 2.05) is 0 Å². The summed E-state index contributed by atoms with van der Waals surface area (Å²) in [6, 6.07) is 17.9. The number of carbonyl (C=O) groups is 1. The standard InChI is InChI=1S/C22H13ClF3N3O2/c23-18-11-10-13(12-17(18)22(24,25)26)27-20(30)19-15-8-4-5-9-16(15)21(31)29(28-19)14-6-2-1-3-7-14/h1-12H,(H,27,30). The van der Waals surface area contributed by atoms with Crippen molar-refractivity contribution in [2.45, 2.75) is 6.18 Å². The summed E-state index contributed by atoms with van der Waals surface area (Å²) in [5.41, 5.74) is -1.27. The quantitative estimate of drug-likeness (QED) is 0.466. The van der Waals surface area contributed by atoms with Gasteiger partial charge in [0, 0.05) is 11.1 Å². The van der Waals surface area contributed by atoms with Crippen molar-refractivity contribution >= 4 is 34.0 Å². The van der Waals surface area contributed by atoms with Gasteiger partial charge in [0.25, 0.3) is 11.5 Å². The van der Waals surface area contributed by atoms with Crippen LogP contribution in [-0.4, -0.2) is 15.7 Å². The van der Waals surface area contributed by atoms with Crippen LogP contribution in [-0.2, 0) is 6.18 Å². The second-order valence-corrected chi connectivity index (χ2v) is 7.00. The number of halogens is 4. The number of carbonyl (C=O) groups excluding carboxylic acids is 1. The minimum atomic E-state index is -4.68. The Kier molecular flexibility index (Phi) is 5.24. The molecule has 4 rings (SSSR count). The number of alkyl halides is 3. The monoisotopic (exact) mass is 443 g/mol. The van der Waals surface area contributed by atoms with Crippen LogP contribution < -0.4 is 10.9 Å². The van der Waals surface area contributed by atoms with Crippen LogP contribution in [0.3, 0.4) is 0 Å². The first-order valence-corrected chi connectivity index (χ1v) is 9.39. The lowest BCUT2D eigenvalue weighted by atomic mass is 10.1. The Balaban J connectivity index is 1.82. The van der Waals surface area contributed by atoms with Crippen molar-refractivity contribution in [1.82, 2.24) is 9.78 Å². The average Bonchev–Trinajstić information content (AvgIpc) is 2.75. The van der Waals surface area contributed by atoms with Gasteiger partial charge >= 0.3 is 6.18 Å². The van der Waals surface area contributed by atoms with Gasteiger partial charge in [-0.05, 0) is 36.4 Å². The second kappa shape index (κ2) is 7.88. The zero-order valence-electron chi connectivity index (χ0n) is 15.7. The molecule has 0 fully saturated rings. The van der Waals surface area contributed by atoms with Crippen LogP contribution in [0, 0.1) is 0 Å². The molecule has 9 heteroatoms. The molecule has 0 radical (unpaired) electrons. The SMILES string of the molecule is O=C(Nc1ccc(Cl)c(C(F)(F)F)c1)c1nn(-c2ccccc2)c(=O)c2ccccc12. The molecule has 4 aromatic rings. The average molecular weight is 444 g/mol. The summed E-state index contributed by atoms with van der Waals surface area (Å²) in [5.74, 6) is -0.767. The zero-order chi connectivity index (χ0) is 22.2. The number of fused-ring (bicyclic) bond motifs is 1. The molecule has 5 nitrogen and oxygen atoms in total. The third-order valence-corrected chi connectivity index (χ3v) is 4.88. The number of aromatic nitrogens is 2. The molecule has 31 heavy (non-hydrogen) atoms. The Bertz CT molecular complexity index is 1350. The number of hydrogen-bond acceptors (Lipinski definition) is 3. The smallest absolute Gasteiger partial charge is 0.321 e. The molecule has 0 aliphatic carbocycles. The van der Waals surface area contributed by atoms with Gasteiger partial charge < -0.3 is 5.32 Å².